The molecule has 0 aromatic carbocycles. The molecule has 0 saturated carbocycles. The fourth-order valence-electron chi connectivity index (χ4n) is 0. The summed E-state index contributed by atoms with van der Waals surface area (Å²) in [5, 5.41) is 0. The van der Waals surface area contributed by atoms with Gasteiger partial charge in [-0.05, 0) is 0 Å². The van der Waals surface area contributed by atoms with Crippen LogP contribution in [-0.2, 0) is 17.9 Å². The van der Waals surface area contributed by atoms with E-state index < -0.39 is 0 Å². The summed E-state index contributed by atoms with van der Waals surface area (Å²) < 4.78 is 0. The second-order valence-corrected chi connectivity index (χ2v) is 0. The quantitative estimate of drug-likeness (QED) is 0.490. The van der Waals surface area contributed by atoms with Gasteiger partial charge in [-0.25, -0.2) is 0 Å². The van der Waals surface area contributed by atoms with Gasteiger partial charge in [0.2, 0.25) is 0 Å². The third-order valence-corrected chi connectivity index (χ3v) is 0. The third-order valence-electron chi connectivity index (χ3n) is 0. The molecule has 0 bridgehead atoms. The number of rotatable bonds is 0. The SMILES string of the molecule is [Cl][Ir].[NaH].[NaH].[NaH]. The van der Waals surface area contributed by atoms with Crippen molar-refractivity contribution in [2.45, 2.75) is 0 Å². The van der Waals surface area contributed by atoms with E-state index in [1.165, 1.54) is 17.9 Å². The fourth-order valence-corrected chi connectivity index (χ4v) is 0. The van der Waals surface area contributed by atoms with Crippen molar-refractivity contribution in [3.63, 3.8) is 0 Å². The normalized spacial score (nSPS) is 1.40. The molecule has 0 aliphatic rings. The molecule has 0 radical (unpaired) electrons. The number of halogens is 1. The van der Waals surface area contributed by atoms with E-state index in [-0.39, 0.29) is 88.7 Å². The molecule has 0 unspecified atom stereocenters. The molecule has 0 fully saturated rings. The van der Waals surface area contributed by atoms with Gasteiger partial charge in [0.25, 0.3) is 0 Å². The van der Waals surface area contributed by atoms with Crippen LogP contribution in [0, 0.1) is 0 Å². The standard InChI is InChI=1S/ClH.Ir.3Na.3H/h1H;;;;;;;/q;+1;;;;;;/p-1. The van der Waals surface area contributed by atoms with Crippen LogP contribution in [-0.4, -0.2) is 88.7 Å². The summed E-state index contributed by atoms with van der Waals surface area (Å²) in [7, 11) is 4.64. The predicted octanol–water partition coefficient (Wildman–Crippen LogP) is -1.26. The summed E-state index contributed by atoms with van der Waals surface area (Å²) in [5.74, 6) is 0. The van der Waals surface area contributed by atoms with Crippen molar-refractivity contribution in [1.82, 2.24) is 0 Å². The molecule has 0 nitrogen and oxygen atoms in total. The molecule has 0 spiro atoms. The minimum absolute atomic E-state index is 0. The Morgan fingerprint density at radius 1 is 0.800 bits per heavy atom. The molecule has 0 rings (SSSR count). The van der Waals surface area contributed by atoms with Gasteiger partial charge in [0, 0.05) is 0 Å². The molecule has 22 valence electrons. The molecule has 0 amide bonds. The maximum atomic E-state index is 4.64. The molecule has 0 aliphatic carbocycles. The molecule has 0 aromatic heterocycles. The Kier molecular flexibility index (Phi) is 114. The van der Waals surface area contributed by atoms with Gasteiger partial charge in [-0.2, -0.15) is 0 Å². The van der Waals surface area contributed by atoms with Gasteiger partial charge < -0.3 is 0 Å². The summed E-state index contributed by atoms with van der Waals surface area (Å²) in [6.07, 6.45) is 0. The molecular formula is H3ClIrNa3. The van der Waals surface area contributed by atoms with Crippen molar-refractivity contribution >= 4 is 98.3 Å². The molecule has 0 aliphatic heterocycles. The molecule has 0 atom stereocenters. The van der Waals surface area contributed by atoms with Gasteiger partial charge >= 0.3 is 116 Å². The first-order valence-electron chi connectivity index (χ1n) is 0.126. The maximum absolute atomic E-state index is 4.64. The van der Waals surface area contributed by atoms with E-state index in [0.717, 1.165) is 0 Å². The summed E-state index contributed by atoms with van der Waals surface area (Å²) in [6.45, 7) is 0. The van der Waals surface area contributed by atoms with Crippen molar-refractivity contribution < 1.29 is 17.9 Å². The zero-order chi connectivity index (χ0) is 2.00. The van der Waals surface area contributed by atoms with Gasteiger partial charge in [0.1, 0.15) is 0 Å². The number of hydrogen-bond donors (Lipinski definition) is 0. The summed E-state index contributed by atoms with van der Waals surface area (Å²) >= 11 is 1.47. The van der Waals surface area contributed by atoms with E-state index in [0.29, 0.717) is 0 Å². The average Bonchev–Trinajstić information content (AvgIpc) is 1.00. The Morgan fingerprint density at radius 2 is 0.800 bits per heavy atom. The van der Waals surface area contributed by atoms with Gasteiger partial charge in [-0.3, -0.25) is 0 Å². The molecule has 5 heteroatoms. The van der Waals surface area contributed by atoms with Crippen LogP contribution >= 0.6 is 9.58 Å². The van der Waals surface area contributed by atoms with Crippen LogP contribution in [0.1, 0.15) is 0 Å². The number of hydrogen-bond acceptors (Lipinski definition) is 0. The first-order chi connectivity index (χ1) is 1.00. The molecule has 0 N–H and O–H groups in total. The summed E-state index contributed by atoms with van der Waals surface area (Å²) in [6, 6.07) is 0. The van der Waals surface area contributed by atoms with Gasteiger partial charge in [0.05, 0.1) is 0 Å². The first kappa shape index (κ1) is 23.1. The van der Waals surface area contributed by atoms with Crippen molar-refractivity contribution in [2.75, 3.05) is 0 Å². The van der Waals surface area contributed by atoms with Gasteiger partial charge in [-0.15, -0.1) is 0 Å². The third kappa shape index (κ3) is 18.0. The van der Waals surface area contributed by atoms with Crippen molar-refractivity contribution in [3.8, 4) is 0 Å². The predicted molar refractivity (Wildman–Crippen MR) is 27.3 cm³/mol. The summed E-state index contributed by atoms with van der Waals surface area (Å²) in [5.41, 5.74) is 0. The van der Waals surface area contributed by atoms with Gasteiger partial charge in [-0.1, -0.05) is 0 Å². The Morgan fingerprint density at radius 3 is 0.800 bits per heavy atom. The Hall–Kier alpha value is 3.94. The molecule has 0 heterocycles. The Balaban J connectivity index is -0.00000000167. The van der Waals surface area contributed by atoms with E-state index in [2.05, 4.69) is 9.58 Å². The van der Waals surface area contributed by atoms with Gasteiger partial charge in [0.15, 0.2) is 0 Å². The molecule has 5 heavy (non-hydrogen) atoms. The van der Waals surface area contributed by atoms with E-state index in [1.807, 2.05) is 0 Å². The van der Waals surface area contributed by atoms with Crippen LogP contribution in [0.2, 0.25) is 0 Å². The first-order valence-corrected chi connectivity index (χ1v) is 3.09. The van der Waals surface area contributed by atoms with E-state index in [1.54, 1.807) is 0 Å². The zero-order valence-electron chi connectivity index (χ0n) is 0.711. The second kappa shape index (κ2) is 24.6. The van der Waals surface area contributed by atoms with Crippen LogP contribution in [0.15, 0.2) is 0 Å². The van der Waals surface area contributed by atoms with E-state index >= 15 is 0 Å². The van der Waals surface area contributed by atoms with Crippen molar-refractivity contribution in [2.24, 2.45) is 0 Å². The topological polar surface area (TPSA) is 0 Å². The van der Waals surface area contributed by atoms with Crippen LogP contribution in [0.5, 0.6) is 0 Å². The Labute approximate surface area is 113 Å². The van der Waals surface area contributed by atoms with Crippen LogP contribution in [0.25, 0.3) is 0 Å². The molecule has 0 aromatic rings. The van der Waals surface area contributed by atoms with E-state index in [4.69, 9.17) is 0 Å². The van der Waals surface area contributed by atoms with Crippen molar-refractivity contribution in [1.29, 1.82) is 0 Å². The van der Waals surface area contributed by atoms with Crippen LogP contribution in [0.4, 0.5) is 0 Å². The van der Waals surface area contributed by atoms with E-state index in [9.17, 15) is 0 Å². The fraction of sp³-hybridized carbons (Fsp3) is 0. The molecular weight excluding hydrogens is 297 g/mol. The second-order valence-electron chi connectivity index (χ2n) is 0. The Bertz CT molecular complexity index is 6.85. The van der Waals surface area contributed by atoms with Crippen molar-refractivity contribution in [3.05, 3.63) is 0 Å². The van der Waals surface area contributed by atoms with Crippen LogP contribution in [0.3, 0.4) is 0 Å². The monoisotopic (exact) mass is 300 g/mol. The summed E-state index contributed by atoms with van der Waals surface area (Å²) in [4.78, 5) is 0. The average molecular weight is 300 g/mol. The zero-order valence-corrected chi connectivity index (χ0v) is 3.86. The minimum atomic E-state index is 0. The molecule has 0 saturated heterocycles. The van der Waals surface area contributed by atoms with Crippen LogP contribution < -0.4 is 0 Å².